The van der Waals surface area contributed by atoms with Crippen LogP contribution in [0.3, 0.4) is 0 Å². The Labute approximate surface area is 84.9 Å². The molecule has 1 aromatic heterocycles. The molecule has 1 saturated heterocycles. The van der Waals surface area contributed by atoms with Crippen molar-refractivity contribution in [1.82, 2.24) is 4.98 Å². The molecule has 2 heterocycles. The molecule has 3 heteroatoms. The van der Waals surface area contributed by atoms with Gasteiger partial charge in [-0.15, -0.1) is 0 Å². The van der Waals surface area contributed by atoms with E-state index in [4.69, 9.17) is 5.73 Å². The maximum absolute atomic E-state index is 5.73. The van der Waals surface area contributed by atoms with Gasteiger partial charge in [0, 0.05) is 24.8 Å². The van der Waals surface area contributed by atoms with Gasteiger partial charge in [0.2, 0.25) is 0 Å². The molecule has 1 fully saturated rings. The van der Waals surface area contributed by atoms with E-state index < -0.39 is 0 Å². The standard InChI is InChI=1S/C11H17N3/c1-9-4-5-11(8-13-9)14-6-2-3-10(14)7-12/h4-5,8,10H,2-3,6-7,12H2,1H3. The normalized spacial score (nSPS) is 21.6. The molecule has 1 aliphatic heterocycles. The quantitative estimate of drug-likeness (QED) is 0.766. The molecule has 2 rings (SSSR count). The lowest BCUT2D eigenvalue weighted by molar-refractivity contribution is 0.676. The first kappa shape index (κ1) is 9.46. The summed E-state index contributed by atoms with van der Waals surface area (Å²) in [5.41, 5.74) is 8.01. The van der Waals surface area contributed by atoms with Crippen LogP contribution in [0.4, 0.5) is 5.69 Å². The molecule has 14 heavy (non-hydrogen) atoms. The first-order valence-corrected chi connectivity index (χ1v) is 5.20. The molecule has 1 unspecified atom stereocenters. The van der Waals surface area contributed by atoms with E-state index in [1.807, 2.05) is 13.1 Å². The second kappa shape index (κ2) is 3.96. The number of pyridine rings is 1. The molecule has 2 N–H and O–H groups in total. The smallest absolute Gasteiger partial charge is 0.0555 e. The van der Waals surface area contributed by atoms with Crippen LogP contribution in [0.15, 0.2) is 18.3 Å². The van der Waals surface area contributed by atoms with E-state index in [0.717, 1.165) is 18.8 Å². The van der Waals surface area contributed by atoms with Crippen molar-refractivity contribution in [3.05, 3.63) is 24.0 Å². The lowest BCUT2D eigenvalue weighted by Gasteiger charge is -2.25. The third-order valence-electron chi connectivity index (χ3n) is 2.88. The van der Waals surface area contributed by atoms with Crippen molar-refractivity contribution in [1.29, 1.82) is 0 Å². The zero-order chi connectivity index (χ0) is 9.97. The van der Waals surface area contributed by atoms with Gasteiger partial charge in [-0.25, -0.2) is 0 Å². The molecule has 0 aromatic carbocycles. The summed E-state index contributed by atoms with van der Waals surface area (Å²) in [6.07, 6.45) is 4.41. The largest absolute Gasteiger partial charge is 0.366 e. The number of aryl methyl sites for hydroxylation is 1. The summed E-state index contributed by atoms with van der Waals surface area (Å²) >= 11 is 0. The van der Waals surface area contributed by atoms with Crippen molar-refractivity contribution in [3.63, 3.8) is 0 Å². The number of aromatic nitrogens is 1. The van der Waals surface area contributed by atoms with Crippen LogP contribution in [-0.2, 0) is 0 Å². The molecular formula is C11H17N3. The first-order valence-electron chi connectivity index (χ1n) is 5.20. The Bertz CT molecular complexity index is 294. The number of hydrogen-bond acceptors (Lipinski definition) is 3. The van der Waals surface area contributed by atoms with Crippen molar-refractivity contribution >= 4 is 5.69 Å². The molecule has 76 valence electrons. The highest BCUT2D eigenvalue weighted by Crippen LogP contribution is 2.24. The van der Waals surface area contributed by atoms with Crippen molar-refractivity contribution < 1.29 is 0 Å². The third kappa shape index (κ3) is 1.73. The average molecular weight is 191 g/mol. The predicted molar refractivity (Wildman–Crippen MR) is 58.4 cm³/mol. The fourth-order valence-corrected chi connectivity index (χ4v) is 2.05. The Morgan fingerprint density at radius 2 is 2.43 bits per heavy atom. The Hall–Kier alpha value is -1.09. The second-order valence-corrected chi connectivity index (χ2v) is 3.88. The van der Waals surface area contributed by atoms with Crippen LogP contribution in [-0.4, -0.2) is 24.1 Å². The highest BCUT2D eigenvalue weighted by Gasteiger charge is 2.23. The van der Waals surface area contributed by atoms with Gasteiger partial charge in [0.15, 0.2) is 0 Å². The van der Waals surface area contributed by atoms with Crippen LogP contribution in [0.1, 0.15) is 18.5 Å². The van der Waals surface area contributed by atoms with E-state index >= 15 is 0 Å². The van der Waals surface area contributed by atoms with Crippen LogP contribution in [0, 0.1) is 6.92 Å². The van der Waals surface area contributed by atoms with E-state index in [1.165, 1.54) is 18.5 Å². The summed E-state index contributed by atoms with van der Waals surface area (Å²) < 4.78 is 0. The molecule has 0 spiro atoms. The fraction of sp³-hybridized carbons (Fsp3) is 0.545. The molecule has 0 amide bonds. The lowest BCUT2D eigenvalue weighted by atomic mass is 10.2. The molecule has 3 nitrogen and oxygen atoms in total. The van der Waals surface area contributed by atoms with Crippen molar-refractivity contribution in [3.8, 4) is 0 Å². The zero-order valence-electron chi connectivity index (χ0n) is 8.61. The summed E-state index contributed by atoms with van der Waals surface area (Å²) in [6, 6.07) is 4.71. The van der Waals surface area contributed by atoms with Crippen LogP contribution in [0.25, 0.3) is 0 Å². The van der Waals surface area contributed by atoms with Crippen molar-refractivity contribution in [2.45, 2.75) is 25.8 Å². The van der Waals surface area contributed by atoms with E-state index in [0.29, 0.717) is 6.04 Å². The van der Waals surface area contributed by atoms with Crippen molar-refractivity contribution in [2.75, 3.05) is 18.0 Å². The van der Waals surface area contributed by atoms with Crippen LogP contribution in [0.5, 0.6) is 0 Å². The highest BCUT2D eigenvalue weighted by molar-refractivity contribution is 5.46. The maximum atomic E-state index is 5.73. The lowest BCUT2D eigenvalue weighted by Crippen LogP contribution is -2.35. The molecule has 1 atom stereocenters. The van der Waals surface area contributed by atoms with Crippen LogP contribution >= 0.6 is 0 Å². The minimum atomic E-state index is 0.513. The van der Waals surface area contributed by atoms with Gasteiger partial charge in [0.1, 0.15) is 0 Å². The second-order valence-electron chi connectivity index (χ2n) is 3.88. The number of anilines is 1. The van der Waals surface area contributed by atoms with Gasteiger partial charge < -0.3 is 10.6 Å². The number of hydrogen-bond donors (Lipinski definition) is 1. The summed E-state index contributed by atoms with van der Waals surface area (Å²) in [5, 5.41) is 0. The maximum Gasteiger partial charge on any atom is 0.0555 e. The fourth-order valence-electron chi connectivity index (χ4n) is 2.05. The minimum Gasteiger partial charge on any atom is -0.366 e. The number of rotatable bonds is 2. The van der Waals surface area contributed by atoms with E-state index in [9.17, 15) is 0 Å². The number of nitrogens with two attached hydrogens (primary N) is 1. The third-order valence-corrected chi connectivity index (χ3v) is 2.88. The molecule has 1 aliphatic rings. The highest BCUT2D eigenvalue weighted by atomic mass is 15.2. The number of nitrogens with zero attached hydrogens (tertiary/aromatic N) is 2. The minimum absolute atomic E-state index is 0.513. The summed E-state index contributed by atoms with van der Waals surface area (Å²) in [6.45, 7) is 3.87. The topological polar surface area (TPSA) is 42.1 Å². The Balaban J connectivity index is 2.17. The first-order chi connectivity index (χ1) is 6.81. The van der Waals surface area contributed by atoms with Gasteiger partial charge in [-0.1, -0.05) is 0 Å². The van der Waals surface area contributed by atoms with E-state index in [2.05, 4.69) is 22.0 Å². The van der Waals surface area contributed by atoms with Gasteiger partial charge in [-0.3, -0.25) is 4.98 Å². The summed E-state index contributed by atoms with van der Waals surface area (Å²) in [7, 11) is 0. The molecule has 0 aliphatic carbocycles. The molecule has 0 saturated carbocycles. The summed E-state index contributed by atoms with van der Waals surface area (Å²) in [5.74, 6) is 0. The van der Waals surface area contributed by atoms with Gasteiger partial charge in [0.05, 0.1) is 11.9 Å². The SMILES string of the molecule is Cc1ccc(N2CCCC2CN)cn1. The van der Waals surface area contributed by atoms with Gasteiger partial charge in [-0.05, 0) is 31.9 Å². The van der Waals surface area contributed by atoms with Gasteiger partial charge >= 0.3 is 0 Å². The Morgan fingerprint density at radius 3 is 3.07 bits per heavy atom. The average Bonchev–Trinajstić information content (AvgIpc) is 2.67. The summed E-state index contributed by atoms with van der Waals surface area (Å²) in [4.78, 5) is 6.68. The van der Waals surface area contributed by atoms with Crippen molar-refractivity contribution in [2.24, 2.45) is 5.73 Å². The Kier molecular flexibility index (Phi) is 2.68. The van der Waals surface area contributed by atoms with Crippen LogP contribution in [0.2, 0.25) is 0 Å². The van der Waals surface area contributed by atoms with Gasteiger partial charge in [-0.2, -0.15) is 0 Å². The molecule has 0 radical (unpaired) electrons. The van der Waals surface area contributed by atoms with Gasteiger partial charge in [0.25, 0.3) is 0 Å². The zero-order valence-corrected chi connectivity index (χ0v) is 8.61. The van der Waals surface area contributed by atoms with E-state index in [-0.39, 0.29) is 0 Å². The predicted octanol–water partition coefficient (Wildman–Crippen LogP) is 1.32. The monoisotopic (exact) mass is 191 g/mol. The molecular weight excluding hydrogens is 174 g/mol. The van der Waals surface area contributed by atoms with E-state index in [1.54, 1.807) is 0 Å². The van der Waals surface area contributed by atoms with Crippen LogP contribution < -0.4 is 10.6 Å². The molecule has 1 aromatic rings. The Morgan fingerprint density at radius 1 is 1.57 bits per heavy atom. The molecule has 0 bridgehead atoms.